The second-order valence-corrected chi connectivity index (χ2v) is 9.68. The molecule has 9 heteroatoms. The Morgan fingerprint density at radius 1 is 1.17 bits per heavy atom. The van der Waals surface area contributed by atoms with Crippen LogP contribution in [-0.4, -0.2) is 52.6 Å². The number of piperidine rings is 1. The first-order valence-corrected chi connectivity index (χ1v) is 10.9. The summed E-state index contributed by atoms with van der Waals surface area (Å²) in [6.07, 6.45) is 3.36. The van der Waals surface area contributed by atoms with Crippen LogP contribution in [0.1, 0.15) is 12.8 Å². The molecule has 0 aliphatic carbocycles. The van der Waals surface area contributed by atoms with E-state index in [9.17, 15) is 21.6 Å². The number of para-hydroxylation sites is 1. The minimum Gasteiger partial charge on any atom is -0.325 e. The Hall–Kier alpha value is -1.45. The van der Waals surface area contributed by atoms with E-state index in [-0.39, 0.29) is 23.0 Å². The lowest BCUT2D eigenvalue weighted by atomic mass is 9.99. The van der Waals surface area contributed by atoms with Gasteiger partial charge in [-0.1, -0.05) is 12.1 Å². The lowest BCUT2D eigenvalue weighted by Crippen LogP contribution is -2.43. The zero-order chi connectivity index (χ0) is 17.3. The second-order valence-electron chi connectivity index (χ2n) is 5.72. The predicted octanol–water partition coefficient (Wildman–Crippen LogP) is 0.700. The van der Waals surface area contributed by atoms with Crippen molar-refractivity contribution in [2.24, 2.45) is 5.92 Å². The van der Waals surface area contributed by atoms with Crippen LogP contribution in [0, 0.1) is 5.92 Å². The molecule has 1 aliphatic heterocycles. The molecule has 1 aromatic carbocycles. The molecule has 1 N–H and O–H groups in total. The molecule has 0 saturated carbocycles. The van der Waals surface area contributed by atoms with E-state index in [1.807, 2.05) is 0 Å². The molecular formula is C14H20N2O5S2. The SMILES string of the molecule is CS(=O)(=O)c1ccccc1NC(=O)C1CCCN(S(C)(=O)=O)C1. The highest BCUT2D eigenvalue weighted by molar-refractivity contribution is 7.90. The van der Waals surface area contributed by atoms with Gasteiger partial charge in [0.15, 0.2) is 9.84 Å². The zero-order valence-corrected chi connectivity index (χ0v) is 14.7. The summed E-state index contributed by atoms with van der Waals surface area (Å²) in [6.45, 7) is 0.522. The number of benzene rings is 1. The number of carbonyl (C=O) groups excluding carboxylic acids is 1. The van der Waals surface area contributed by atoms with Crippen LogP contribution in [0.5, 0.6) is 0 Å². The van der Waals surface area contributed by atoms with Gasteiger partial charge in [-0.3, -0.25) is 4.79 Å². The van der Waals surface area contributed by atoms with Gasteiger partial charge in [-0.2, -0.15) is 0 Å². The maximum atomic E-state index is 12.4. The molecule has 0 spiro atoms. The first-order valence-electron chi connectivity index (χ1n) is 7.14. The molecule has 1 amide bonds. The van der Waals surface area contributed by atoms with Crippen molar-refractivity contribution in [2.75, 3.05) is 30.9 Å². The number of rotatable bonds is 4. The molecule has 2 rings (SSSR count). The second kappa shape index (κ2) is 6.58. The van der Waals surface area contributed by atoms with E-state index < -0.39 is 25.8 Å². The number of amides is 1. The van der Waals surface area contributed by atoms with Crippen molar-refractivity contribution < 1.29 is 21.6 Å². The number of sulfonamides is 1. The quantitative estimate of drug-likeness (QED) is 0.852. The molecule has 23 heavy (non-hydrogen) atoms. The van der Waals surface area contributed by atoms with E-state index in [1.54, 1.807) is 12.1 Å². The summed E-state index contributed by atoms with van der Waals surface area (Å²) in [7, 11) is -6.80. The van der Waals surface area contributed by atoms with Gasteiger partial charge < -0.3 is 5.32 Å². The third-order valence-corrected chi connectivity index (χ3v) is 6.19. The van der Waals surface area contributed by atoms with Crippen LogP contribution >= 0.6 is 0 Å². The van der Waals surface area contributed by atoms with E-state index in [0.29, 0.717) is 19.4 Å². The van der Waals surface area contributed by atoms with Crippen LogP contribution in [0.2, 0.25) is 0 Å². The largest absolute Gasteiger partial charge is 0.325 e. The molecule has 1 fully saturated rings. The fourth-order valence-corrected chi connectivity index (χ4v) is 4.34. The molecular weight excluding hydrogens is 340 g/mol. The molecule has 1 aromatic rings. The van der Waals surface area contributed by atoms with Crippen LogP contribution < -0.4 is 5.32 Å². The smallest absolute Gasteiger partial charge is 0.228 e. The van der Waals surface area contributed by atoms with Crippen molar-refractivity contribution in [3.8, 4) is 0 Å². The Labute approximate surface area is 136 Å². The van der Waals surface area contributed by atoms with Crippen molar-refractivity contribution in [1.82, 2.24) is 4.31 Å². The standard InChI is InChI=1S/C14H20N2O5S2/c1-22(18,19)13-8-4-3-7-12(13)15-14(17)11-6-5-9-16(10-11)23(2,20)21/h3-4,7-8,11H,5-6,9-10H2,1-2H3,(H,15,17). The Kier molecular flexibility index (Phi) is 5.12. The molecule has 7 nitrogen and oxygen atoms in total. The summed E-state index contributed by atoms with van der Waals surface area (Å²) < 4.78 is 48.0. The molecule has 1 atom stereocenters. The third kappa shape index (κ3) is 4.52. The molecule has 1 aliphatic rings. The number of nitrogens with one attached hydrogen (secondary N) is 1. The first kappa shape index (κ1) is 17.9. The van der Waals surface area contributed by atoms with Crippen LogP contribution in [-0.2, 0) is 24.7 Å². The van der Waals surface area contributed by atoms with Gasteiger partial charge in [0, 0.05) is 19.3 Å². The van der Waals surface area contributed by atoms with Crippen LogP contribution in [0.15, 0.2) is 29.2 Å². The Morgan fingerprint density at radius 3 is 2.43 bits per heavy atom. The number of carbonyl (C=O) groups is 1. The number of anilines is 1. The highest BCUT2D eigenvalue weighted by Crippen LogP contribution is 2.24. The Balaban J connectivity index is 2.17. The van der Waals surface area contributed by atoms with E-state index in [4.69, 9.17) is 0 Å². The van der Waals surface area contributed by atoms with E-state index in [2.05, 4.69) is 5.32 Å². The van der Waals surface area contributed by atoms with Crippen LogP contribution in [0.3, 0.4) is 0 Å². The maximum Gasteiger partial charge on any atom is 0.228 e. The zero-order valence-electron chi connectivity index (χ0n) is 13.0. The number of sulfone groups is 1. The lowest BCUT2D eigenvalue weighted by molar-refractivity contribution is -0.120. The van der Waals surface area contributed by atoms with Gasteiger partial charge in [0.05, 0.1) is 22.8 Å². The van der Waals surface area contributed by atoms with Gasteiger partial charge in [-0.25, -0.2) is 21.1 Å². The maximum absolute atomic E-state index is 12.4. The Morgan fingerprint density at radius 2 is 1.83 bits per heavy atom. The first-order chi connectivity index (χ1) is 10.6. The molecule has 1 heterocycles. The van der Waals surface area contributed by atoms with Gasteiger partial charge in [-0.05, 0) is 25.0 Å². The monoisotopic (exact) mass is 360 g/mol. The number of hydrogen-bond donors (Lipinski definition) is 1. The fourth-order valence-electron chi connectivity index (χ4n) is 2.59. The molecule has 0 aromatic heterocycles. The minimum atomic E-state index is -3.46. The highest BCUT2D eigenvalue weighted by atomic mass is 32.2. The summed E-state index contributed by atoms with van der Waals surface area (Å²) in [5, 5.41) is 2.62. The van der Waals surface area contributed by atoms with Gasteiger partial charge in [0.2, 0.25) is 15.9 Å². The highest BCUT2D eigenvalue weighted by Gasteiger charge is 2.30. The number of hydrogen-bond acceptors (Lipinski definition) is 5. The molecule has 1 saturated heterocycles. The third-order valence-electron chi connectivity index (χ3n) is 3.77. The van der Waals surface area contributed by atoms with Crippen molar-refractivity contribution in [3.05, 3.63) is 24.3 Å². The van der Waals surface area contributed by atoms with E-state index in [0.717, 1.165) is 12.5 Å². The summed E-state index contributed by atoms with van der Waals surface area (Å²) >= 11 is 0. The normalized spacial score (nSPS) is 20.2. The molecule has 128 valence electrons. The van der Waals surface area contributed by atoms with E-state index >= 15 is 0 Å². The van der Waals surface area contributed by atoms with Crippen molar-refractivity contribution in [3.63, 3.8) is 0 Å². The minimum absolute atomic E-state index is 0.0455. The van der Waals surface area contributed by atoms with Crippen LogP contribution in [0.4, 0.5) is 5.69 Å². The van der Waals surface area contributed by atoms with Gasteiger partial charge >= 0.3 is 0 Å². The average Bonchev–Trinajstić information content (AvgIpc) is 2.46. The Bertz CT molecular complexity index is 802. The lowest BCUT2D eigenvalue weighted by Gasteiger charge is -2.30. The molecule has 0 radical (unpaired) electrons. The summed E-state index contributed by atoms with van der Waals surface area (Å²) in [5.74, 6) is -0.861. The molecule has 0 bridgehead atoms. The number of nitrogens with zero attached hydrogens (tertiary/aromatic N) is 1. The van der Waals surface area contributed by atoms with Crippen molar-refractivity contribution >= 4 is 31.5 Å². The van der Waals surface area contributed by atoms with Crippen molar-refractivity contribution in [2.45, 2.75) is 17.7 Å². The van der Waals surface area contributed by atoms with Crippen LogP contribution in [0.25, 0.3) is 0 Å². The summed E-state index contributed by atoms with van der Waals surface area (Å²) in [6, 6.07) is 6.16. The van der Waals surface area contributed by atoms with Crippen molar-refractivity contribution in [1.29, 1.82) is 0 Å². The average molecular weight is 360 g/mol. The topological polar surface area (TPSA) is 101 Å². The van der Waals surface area contributed by atoms with Gasteiger partial charge in [0.25, 0.3) is 0 Å². The summed E-state index contributed by atoms with van der Waals surface area (Å²) in [5.41, 5.74) is 0.219. The predicted molar refractivity (Wildman–Crippen MR) is 87.3 cm³/mol. The summed E-state index contributed by atoms with van der Waals surface area (Å²) in [4.78, 5) is 12.4. The van der Waals surface area contributed by atoms with Gasteiger partial charge in [0.1, 0.15) is 0 Å². The van der Waals surface area contributed by atoms with Gasteiger partial charge in [-0.15, -0.1) is 0 Å². The fraction of sp³-hybridized carbons (Fsp3) is 0.500. The molecule has 1 unspecified atom stereocenters. The van der Waals surface area contributed by atoms with E-state index in [1.165, 1.54) is 16.4 Å².